The number of unbranched alkanes of at least 4 members (excludes halogenated alkanes) is 2. The monoisotopic (exact) mass is 232 g/mol. The van der Waals surface area contributed by atoms with E-state index in [1.165, 1.54) is 6.92 Å². The van der Waals surface area contributed by atoms with Gasteiger partial charge in [0, 0.05) is 20.1 Å². The zero-order valence-corrected chi connectivity index (χ0v) is 10.7. The van der Waals surface area contributed by atoms with Crippen molar-refractivity contribution in [2.24, 2.45) is 0 Å². The summed E-state index contributed by atoms with van der Waals surface area (Å²) in [5, 5.41) is 0. The van der Waals surface area contributed by atoms with Crippen LogP contribution in [0.25, 0.3) is 0 Å². The van der Waals surface area contributed by atoms with Crippen LogP contribution in [0.1, 0.15) is 46.5 Å². The van der Waals surface area contributed by atoms with Gasteiger partial charge < -0.3 is 14.2 Å². The van der Waals surface area contributed by atoms with Crippen LogP contribution in [0.3, 0.4) is 0 Å². The fourth-order valence-electron chi connectivity index (χ4n) is 1.05. The summed E-state index contributed by atoms with van der Waals surface area (Å²) < 4.78 is 15.8. The van der Waals surface area contributed by atoms with Crippen molar-refractivity contribution in [3.63, 3.8) is 0 Å². The average Bonchev–Trinajstić information content (AvgIpc) is 2.25. The molecule has 0 saturated carbocycles. The topological polar surface area (TPSA) is 44.8 Å². The van der Waals surface area contributed by atoms with Crippen molar-refractivity contribution >= 4 is 5.97 Å². The summed E-state index contributed by atoms with van der Waals surface area (Å²) in [5.41, 5.74) is 0. The molecule has 4 nitrogen and oxygen atoms in total. The zero-order valence-electron chi connectivity index (χ0n) is 10.7. The van der Waals surface area contributed by atoms with Crippen molar-refractivity contribution in [1.29, 1.82) is 0 Å². The first-order chi connectivity index (χ1) is 7.70. The predicted octanol–water partition coefficient (Wildman–Crippen LogP) is 2.51. The molecule has 0 aliphatic carbocycles. The summed E-state index contributed by atoms with van der Waals surface area (Å²) in [6.45, 7) is 7.06. The van der Waals surface area contributed by atoms with E-state index in [0.717, 1.165) is 25.7 Å². The molecule has 0 fully saturated rings. The molecule has 0 aliphatic rings. The summed E-state index contributed by atoms with van der Waals surface area (Å²) in [4.78, 5) is 10.7. The molecule has 0 atom stereocenters. The number of ether oxygens (including phenoxy) is 3. The number of hydrogen-bond acceptors (Lipinski definition) is 4. The third-order valence-corrected chi connectivity index (χ3v) is 2.03. The lowest BCUT2D eigenvalue weighted by atomic mass is 10.3. The van der Waals surface area contributed by atoms with Crippen molar-refractivity contribution < 1.29 is 19.0 Å². The maximum Gasteiger partial charge on any atom is 0.302 e. The Bertz CT molecular complexity index is 160. The van der Waals surface area contributed by atoms with Crippen LogP contribution in [0, 0.1) is 0 Å². The van der Waals surface area contributed by atoms with Gasteiger partial charge in [-0.2, -0.15) is 0 Å². The van der Waals surface area contributed by atoms with Crippen LogP contribution in [0.5, 0.6) is 0 Å². The minimum Gasteiger partial charge on any atom is -0.460 e. The van der Waals surface area contributed by atoms with Crippen molar-refractivity contribution in [3.05, 3.63) is 0 Å². The third-order valence-electron chi connectivity index (χ3n) is 2.03. The molecule has 0 unspecified atom stereocenters. The molecule has 0 aromatic heterocycles. The van der Waals surface area contributed by atoms with E-state index in [1.54, 1.807) is 0 Å². The Morgan fingerprint density at radius 1 is 1.06 bits per heavy atom. The molecule has 0 rings (SSSR count). The number of rotatable bonds is 10. The van der Waals surface area contributed by atoms with Gasteiger partial charge in [0.25, 0.3) is 0 Å². The Balaban J connectivity index is 3.71. The van der Waals surface area contributed by atoms with Crippen LogP contribution in [-0.4, -0.2) is 32.1 Å². The molecule has 0 N–H and O–H groups in total. The minimum absolute atomic E-state index is 0.183. The summed E-state index contributed by atoms with van der Waals surface area (Å²) in [6, 6.07) is 0. The second kappa shape index (κ2) is 10.9. The van der Waals surface area contributed by atoms with E-state index in [1.807, 2.05) is 0 Å². The van der Waals surface area contributed by atoms with Crippen molar-refractivity contribution in [3.8, 4) is 0 Å². The second-order valence-electron chi connectivity index (χ2n) is 3.68. The maximum absolute atomic E-state index is 10.7. The first-order valence-corrected chi connectivity index (χ1v) is 6.07. The molecule has 0 aromatic carbocycles. The lowest BCUT2D eigenvalue weighted by Gasteiger charge is -2.18. The van der Waals surface area contributed by atoms with Gasteiger partial charge in [0.1, 0.15) is 6.61 Å². The van der Waals surface area contributed by atoms with Crippen LogP contribution >= 0.6 is 0 Å². The summed E-state index contributed by atoms with van der Waals surface area (Å²) in [7, 11) is 0. The van der Waals surface area contributed by atoms with Gasteiger partial charge >= 0.3 is 5.97 Å². The van der Waals surface area contributed by atoms with Crippen LogP contribution in [0.15, 0.2) is 0 Å². The number of esters is 1. The fourth-order valence-corrected chi connectivity index (χ4v) is 1.05. The van der Waals surface area contributed by atoms with Gasteiger partial charge in [-0.3, -0.25) is 4.79 Å². The molecule has 0 amide bonds. The second-order valence-corrected chi connectivity index (χ2v) is 3.68. The zero-order chi connectivity index (χ0) is 12.2. The molecule has 0 aromatic rings. The molecule has 16 heavy (non-hydrogen) atoms. The number of carbonyl (C=O) groups is 1. The highest BCUT2D eigenvalue weighted by Crippen LogP contribution is 2.01. The molecular weight excluding hydrogens is 208 g/mol. The molecule has 0 heterocycles. The lowest BCUT2D eigenvalue weighted by molar-refractivity contribution is -0.181. The maximum atomic E-state index is 10.7. The fraction of sp³-hybridized carbons (Fsp3) is 0.917. The van der Waals surface area contributed by atoms with Gasteiger partial charge in [-0.1, -0.05) is 26.7 Å². The Morgan fingerprint density at radius 3 is 1.94 bits per heavy atom. The third kappa shape index (κ3) is 9.93. The smallest absolute Gasteiger partial charge is 0.302 e. The number of hydrogen-bond donors (Lipinski definition) is 0. The lowest BCUT2D eigenvalue weighted by Crippen LogP contribution is -2.25. The number of carbonyl (C=O) groups excluding carboxylic acids is 1. The predicted molar refractivity (Wildman–Crippen MR) is 62.1 cm³/mol. The van der Waals surface area contributed by atoms with E-state index < -0.39 is 6.29 Å². The molecule has 0 radical (unpaired) electrons. The van der Waals surface area contributed by atoms with Gasteiger partial charge in [0.15, 0.2) is 6.29 Å². The van der Waals surface area contributed by atoms with Crippen LogP contribution < -0.4 is 0 Å². The highest BCUT2D eigenvalue weighted by Gasteiger charge is 2.10. The van der Waals surface area contributed by atoms with E-state index in [-0.39, 0.29) is 12.6 Å². The molecular formula is C12H24O4. The quantitative estimate of drug-likeness (QED) is 0.330. The largest absolute Gasteiger partial charge is 0.460 e. The molecule has 0 saturated heterocycles. The van der Waals surface area contributed by atoms with E-state index in [9.17, 15) is 4.79 Å². The summed E-state index contributed by atoms with van der Waals surface area (Å²) in [6.07, 6.45) is 3.73. The van der Waals surface area contributed by atoms with Crippen molar-refractivity contribution in [1.82, 2.24) is 0 Å². The SMILES string of the molecule is CCCCOC(COC(C)=O)OCCCC. The summed E-state index contributed by atoms with van der Waals surface area (Å²) in [5.74, 6) is -0.303. The Morgan fingerprint density at radius 2 is 1.56 bits per heavy atom. The van der Waals surface area contributed by atoms with E-state index >= 15 is 0 Å². The van der Waals surface area contributed by atoms with Crippen LogP contribution in [0.4, 0.5) is 0 Å². The Kier molecular flexibility index (Phi) is 10.5. The Hall–Kier alpha value is -0.610. The summed E-state index contributed by atoms with van der Waals surface area (Å²) >= 11 is 0. The average molecular weight is 232 g/mol. The minimum atomic E-state index is -0.415. The van der Waals surface area contributed by atoms with Gasteiger partial charge in [-0.15, -0.1) is 0 Å². The van der Waals surface area contributed by atoms with Crippen LogP contribution in [0.2, 0.25) is 0 Å². The van der Waals surface area contributed by atoms with Gasteiger partial charge in [-0.05, 0) is 12.8 Å². The van der Waals surface area contributed by atoms with Crippen molar-refractivity contribution in [2.45, 2.75) is 52.7 Å². The van der Waals surface area contributed by atoms with E-state index in [4.69, 9.17) is 14.2 Å². The van der Waals surface area contributed by atoms with E-state index in [0.29, 0.717) is 13.2 Å². The molecule has 0 aliphatic heterocycles. The van der Waals surface area contributed by atoms with E-state index in [2.05, 4.69) is 13.8 Å². The molecule has 4 heteroatoms. The first-order valence-electron chi connectivity index (χ1n) is 6.07. The van der Waals surface area contributed by atoms with Gasteiger partial charge in [-0.25, -0.2) is 0 Å². The Labute approximate surface area is 98.3 Å². The normalized spacial score (nSPS) is 10.8. The van der Waals surface area contributed by atoms with Gasteiger partial charge in [0.2, 0.25) is 0 Å². The molecule has 0 bridgehead atoms. The highest BCUT2D eigenvalue weighted by molar-refractivity contribution is 5.65. The van der Waals surface area contributed by atoms with Crippen molar-refractivity contribution in [2.75, 3.05) is 19.8 Å². The highest BCUT2D eigenvalue weighted by atomic mass is 16.7. The van der Waals surface area contributed by atoms with Gasteiger partial charge in [0.05, 0.1) is 0 Å². The van der Waals surface area contributed by atoms with Crippen LogP contribution in [-0.2, 0) is 19.0 Å². The first kappa shape index (κ1) is 15.4. The standard InChI is InChI=1S/C12H24O4/c1-4-6-8-14-12(10-16-11(3)13)15-9-7-5-2/h12H,4-10H2,1-3H3. The molecule has 96 valence electrons. The molecule has 0 spiro atoms.